The van der Waals surface area contributed by atoms with Gasteiger partial charge in [0.2, 0.25) is 6.08 Å². The summed E-state index contributed by atoms with van der Waals surface area (Å²) in [6.07, 6.45) is 5.97. The highest BCUT2D eigenvalue weighted by Crippen LogP contribution is 2.46. The van der Waals surface area contributed by atoms with Gasteiger partial charge in [0.05, 0.1) is 12.6 Å². The minimum Gasteiger partial charge on any atom is -0.447 e. The van der Waals surface area contributed by atoms with Gasteiger partial charge >= 0.3 is 6.09 Å². The number of unbranched alkanes of at least 4 members (excludes halogenated alkanes) is 1. The van der Waals surface area contributed by atoms with E-state index in [1.807, 2.05) is 0 Å². The van der Waals surface area contributed by atoms with E-state index in [4.69, 9.17) is 9.47 Å². The Labute approximate surface area is 145 Å². The molecule has 0 saturated heterocycles. The lowest BCUT2D eigenvalue weighted by atomic mass is 9.63. The molecule has 138 valence electrons. The molecule has 24 heavy (non-hydrogen) atoms. The maximum absolute atomic E-state index is 11.8. The fourth-order valence-corrected chi connectivity index (χ4v) is 3.76. The number of ether oxygens (including phenoxy) is 2. The summed E-state index contributed by atoms with van der Waals surface area (Å²) in [6, 6.07) is -0.0268. The molecule has 1 fully saturated rings. The molecule has 0 aromatic carbocycles. The molecule has 0 aromatic rings. The molecule has 1 rings (SSSR count). The Morgan fingerprint density at radius 2 is 2.00 bits per heavy atom. The Kier molecular flexibility index (Phi) is 8.43. The Morgan fingerprint density at radius 1 is 1.25 bits per heavy atom. The average molecular weight is 340 g/mol. The number of carbonyl (C=O) groups is 1. The van der Waals surface area contributed by atoms with Crippen molar-refractivity contribution >= 4 is 12.2 Å². The third-order valence-corrected chi connectivity index (χ3v) is 4.42. The van der Waals surface area contributed by atoms with Crippen LogP contribution in [0.3, 0.4) is 0 Å². The SMILES string of the molecule is CCCCOCCOC(=O)NCC1(C)CC(N=C=O)CC(C)(C)C1. The number of alkyl carbamates (subject to hydrolysis) is 1. The van der Waals surface area contributed by atoms with E-state index in [1.54, 1.807) is 6.08 Å². The van der Waals surface area contributed by atoms with E-state index in [2.05, 4.69) is 38.0 Å². The lowest BCUT2D eigenvalue weighted by Crippen LogP contribution is -2.45. The Bertz CT molecular complexity index is 446. The Morgan fingerprint density at radius 3 is 2.67 bits per heavy atom. The number of amides is 1. The van der Waals surface area contributed by atoms with Gasteiger partial charge in [0.15, 0.2) is 0 Å². The molecule has 0 aromatic heterocycles. The molecule has 1 saturated carbocycles. The van der Waals surface area contributed by atoms with Crippen molar-refractivity contribution in [2.24, 2.45) is 15.8 Å². The van der Waals surface area contributed by atoms with Crippen LogP contribution in [0.5, 0.6) is 0 Å². The highest BCUT2D eigenvalue weighted by Gasteiger charge is 2.41. The number of hydrogen-bond donors (Lipinski definition) is 1. The molecule has 1 N–H and O–H groups in total. The summed E-state index contributed by atoms with van der Waals surface area (Å²) in [5.74, 6) is 0. The van der Waals surface area contributed by atoms with E-state index in [1.165, 1.54) is 0 Å². The van der Waals surface area contributed by atoms with Crippen LogP contribution in [0.1, 0.15) is 59.8 Å². The summed E-state index contributed by atoms with van der Waals surface area (Å²) in [4.78, 5) is 26.3. The molecule has 2 unspecified atom stereocenters. The second-order valence-electron chi connectivity index (χ2n) is 7.89. The van der Waals surface area contributed by atoms with Crippen molar-refractivity contribution in [3.8, 4) is 0 Å². The fourth-order valence-electron chi connectivity index (χ4n) is 3.76. The van der Waals surface area contributed by atoms with Crippen LogP contribution >= 0.6 is 0 Å². The van der Waals surface area contributed by atoms with Gasteiger partial charge in [0.25, 0.3) is 0 Å². The first-order valence-corrected chi connectivity index (χ1v) is 8.86. The number of isocyanates is 1. The van der Waals surface area contributed by atoms with Gasteiger partial charge in [-0.1, -0.05) is 34.1 Å². The van der Waals surface area contributed by atoms with Gasteiger partial charge in [-0.25, -0.2) is 14.6 Å². The van der Waals surface area contributed by atoms with Gasteiger partial charge in [0.1, 0.15) is 6.61 Å². The zero-order chi connectivity index (χ0) is 18.1. The van der Waals surface area contributed by atoms with Gasteiger partial charge in [0, 0.05) is 13.2 Å². The molecule has 2 atom stereocenters. The molecule has 1 aliphatic carbocycles. The fraction of sp³-hybridized carbons (Fsp3) is 0.889. The van der Waals surface area contributed by atoms with Gasteiger partial charge in [-0.05, 0) is 36.5 Å². The highest BCUT2D eigenvalue weighted by atomic mass is 16.6. The first-order valence-electron chi connectivity index (χ1n) is 8.86. The van der Waals surface area contributed by atoms with Crippen molar-refractivity contribution in [3.05, 3.63) is 0 Å². The van der Waals surface area contributed by atoms with Gasteiger partial charge < -0.3 is 14.8 Å². The first-order chi connectivity index (χ1) is 11.3. The summed E-state index contributed by atoms with van der Waals surface area (Å²) in [7, 11) is 0. The number of aliphatic imine (C=N–C) groups is 1. The normalized spacial score (nSPS) is 25.6. The minimum atomic E-state index is -0.422. The van der Waals surface area contributed by atoms with E-state index in [9.17, 15) is 9.59 Å². The Hall–Kier alpha value is -1.39. The summed E-state index contributed by atoms with van der Waals surface area (Å²) >= 11 is 0. The van der Waals surface area contributed by atoms with Crippen LogP contribution in [0.4, 0.5) is 4.79 Å². The van der Waals surface area contributed by atoms with Gasteiger partial charge in [-0.3, -0.25) is 0 Å². The first kappa shape index (κ1) is 20.7. The predicted molar refractivity (Wildman–Crippen MR) is 92.7 cm³/mol. The van der Waals surface area contributed by atoms with Crippen LogP contribution in [0.15, 0.2) is 4.99 Å². The molecule has 0 heterocycles. The monoisotopic (exact) mass is 340 g/mol. The largest absolute Gasteiger partial charge is 0.447 e. The van der Waals surface area contributed by atoms with Crippen LogP contribution in [-0.2, 0) is 14.3 Å². The molecular weight excluding hydrogens is 308 g/mol. The Balaban J connectivity index is 2.35. The molecule has 0 aliphatic heterocycles. The third kappa shape index (κ3) is 7.93. The molecule has 0 radical (unpaired) electrons. The zero-order valence-corrected chi connectivity index (χ0v) is 15.5. The molecule has 6 nitrogen and oxygen atoms in total. The number of carbonyl (C=O) groups excluding carboxylic acids is 2. The van der Waals surface area contributed by atoms with Crippen molar-refractivity contribution in [2.75, 3.05) is 26.4 Å². The van der Waals surface area contributed by atoms with Crippen LogP contribution in [-0.4, -0.2) is 44.6 Å². The second kappa shape index (κ2) is 9.80. The van der Waals surface area contributed by atoms with E-state index < -0.39 is 6.09 Å². The summed E-state index contributed by atoms with van der Waals surface area (Å²) in [6.45, 7) is 10.5. The topological polar surface area (TPSA) is 77.0 Å². The van der Waals surface area contributed by atoms with Crippen molar-refractivity contribution in [2.45, 2.75) is 65.8 Å². The summed E-state index contributed by atoms with van der Waals surface area (Å²) < 4.78 is 10.5. The number of nitrogens with one attached hydrogen (secondary N) is 1. The molecule has 0 spiro atoms. The summed E-state index contributed by atoms with van der Waals surface area (Å²) in [5.41, 5.74) is -0.0276. The molecule has 1 amide bonds. The lowest BCUT2D eigenvalue weighted by Gasteiger charge is -2.45. The molecule has 1 aliphatic rings. The quantitative estimate of drug-likeness (QED) is 0.396. The zero-order valence-electron chi connectivity index (χ0n) is 15.5. The number of rotatable bonds is 9. The summed E-state index contributed by atoms with van der Waals surface area (Å²) in [5, 5.41) is 2.84. The van der Waals surface area contributed by atoms with E-state index in [0.717, 1.165) is 32.1 Å². The van der Waals surface area contributed by atoms with Gasteiger partial charge in [-0.2, -0.15) is 0 Å². The minimum absolute atomic E-state index is 0.0268. The predicted octanol–water partition coefficient (Wildman–Crippen LogP) is 3.45. The smallest absolute Gasteiger partial charge is 0.407 e. The van der Waals surface area contributed by atoms with Crippen LogP contribution in [0, 0.1) is 10.8 Å². The average Bonchev–Trinajstić information content (AvgIpc) is 2.47. The second-order valence-corrected chi connectivity index (χ2v) is 7.89. The maximum Gasteiger partial charge on any atom is 0.407 e. The van der Waals surface area contributed by atoms with Crippen molar-refractivity contribution in [1.29, 1.82) is 0 Å². The number of hydrogen-bond acceptors (Lipinski definition) is 5. The number of nitrogens with zero attached hydrogens (tertiary/aromatic N) is 1. The van der Waals surface area contributed by atoms with Gasteiger partial charge in [-0.15, -0.1) is 0 Å². The van der Waals surface area contributed by atoms with Crippen molar-refractivity contribution < 1.29 is 19.1 Å². The standard InChI is InChI=1S/C18H32N2O4/c1-5-6-7-23-8-9-24-16(22)19-13-18(4)11-15(20-14-21)10-17(2,3)12-18/h15H,5-13H2,1-4H3,(H,19,22). The van der Waals surface area contributed by atoms with Crippen molar-refractivity contribution in [3.63, 3.8) is 0 Å². The molecule has 6 heteroatoms. The maximum atomic E-state index is 11.8. The highest BCUT2D eigenvalue weighted by molar-refractivity contribution is 5.67. The van der Waals surface area contributed by atoms with Crippen molar-refractivity contribution in [1.82, 2.24) is 5.32 Å². The van der Waals surface area contributed by atoms with Crippen LogP contribution in [0.2, 0.25) is 0 Å². The van der Waals surface area contributed by atoms with E-state index in [0.29, 0.717) is 19.8 Å². The van der Waals surface area contributed by atoms with E-state index >= 15 is 0 Å². The third-order valence-electron chi connectivity index (χ3n) is 4.42. The molecule has 0 bridgehead atoms. The molecular formula is C18H32N2O4. The van der Waals surface area contributed by atoms with E-state index in [-0.39, 0.29) is 23.5 Å². The van der Waals surface area contributed by atoms with Crippen LogP contribution in [0.25, 0.3) is 0 Å². The lowest BCUT2D eigenvalue weighted by molar-refractivity contribution is 0.0613. The van der Waals surface area contributed by atoms with Crippen LogP contribution < -0.4 is 5.32 Å².